The molecule has 0 radical (unpaired) electrons. The van der Waals surface area contributed by atoms with Crippen LogP contribution in [0.15, 0.2) is 22.7 Å². The summed E-state index contributed by atoms with van der Waals surface area (Å²) in [5, 5.41) is 3.03. The van der Waals surface area contributed by atoms with E-state index in [9.17, 15) is 4.79 Å². The van der Waals surface area contributed by atoms with Crippen molar-refractivity contribution in [1.82, 2.24) is 5.32 Å². The molecule has 0 bridgehead atoms. The lowest BCUT2D eigenvalue weighted by atomic mass is 10.2. The van der Waals surface area contributed by atoms with E-state index in [0.717, 1.165) is 15.8 Å². The van der Waals surface area contributed by atoms with E-state index in [0.29, 0.717) is 6.54 Å². The van der Waals surface area contributed by atoms with Crippen LogP contribution in [0.3, 0.4) is 0 Å². The van der Waals surface area contributed by atoms with Gasteiger partial charge in [-0.25, -0.2) is 0 Å². The molecule has 1 unspecified atom stereocenters. The molecule has 0 fully saturated rings. The van der Waals surface area contributed by atoms with Gasteiger partial charge in [-0.3, -0.25) is 4.79 Å². The van der Waals surface area contributed by atoms with Gasteiger partial charge in [0.25, 0.3) is 0 Å². The first-order valence-electron chi connectivity index (χ1n) is 4.89. The van der Waals surface area contributed by atoms with Gasteiger partial charge in [-0.2, -0.15) is 0 Å². The molecule has 0 heterocycles. The summed E-state index contributed by atoms with van der Waals surface area (Å²) >= 11 is 3.40. The summed E-state index contributed by atoms with van der Waals surface area (Å²) in [7, 11) is 1.62. The number of nitrogens with two attached hydrogens (primary N) is 1. The topological polar surface area (TPSA) is 64.3 Å². The van der Waals surface area contributed by atoms with Gasteiger partial charge in [0.05, 0.1) is 17.6 Å². The third-order valence-corrected chi connectivity index (χ3v) is 2.88. The standard InChI is InChI=1S/C11H15BrN2O2/c1-7(11(13)15)14-6-8-3-4-10(16-2)9(12)5-8/h3-5,7,14H,6H2,1-2H3,(H2,13,15). The minimum atomic E-state index is -0.354. The zero-order valence-electron chi connectivity index (χ0n) is 9.29. The molecule has 0 saturated heterocycles. The third-order valence-electron chi connectivity index (χ3n) is 2.26. The summed E-state index contributed by atoms with van der Waals surface area (Å²) in [6.45, 7) is 2.33. The van der Waals surface area contributed by atoms with Crippen LogP contribution in [0.25, 0.3) is 0 Å². The van der Waals surface area contributed by atoms with Crippen LogP contribution >= 0.6 is 15.9 Å². The highest BCUT2D eigenvalue weighted by atomic mass is 79.9. The third kappa shape index (κ3) is 3.50. The van der Waals surface area contributed by atoms with Crippen LogP contribution in [0.4, 0.5) is 0 Å². The second kappa shape index (κ2) is 5.86. The highest BCUT2D eigenvalue weighted by Crippen LogP contribution is 2.25. The van der Waals surface area contributed by atoms with Crippen molar-refractivity contribution in [3.05, 3.63) is 28.2 Å². The van der Waals surface area contributed by atoms with Crippen molar-refractivity contribution in [2.24, 2.45) is 5.73 Å². The van der Waals surface area contributed by atoms with Gasteiger partial charge in [0, 0.05) is 6.54 Å². The number of ether oxygens (including phenoxy) is 1. The Hall–Kier alpha value is -1.07. The molecule has 0 aromatic heterocycles. The Kier molecular flexibility index (Phi) is 4.76. The number of carbonyl (C=O) groups excluding carboxylic acids is 1. The fourth-order valence-electron chi connectivity index (χ4n) is 1.19. The van der Waals surface area contributed by atoms with E-state index < -0.39 is 0 Å². The maximum atomic E-state index is 10.8. The number of nitrogens with one attached hydrogen (secondary N) is 1. The second-order valence-corrected chi connectivity index (χ2v) is 4.33. The van der Waals surface area contributed by atoms with Gasteiger partial charge in [-0.05, 0) is 40.5 Å². The molecule has 1 amide bonds. The Morgan fingerprint density at radius 1 is 1.62 bits per heavy atom. The lowest BCUT2D eigenvalue weighted by molar-refractivity contribution is -0.119. The Morgan fingerprint density at radius 3 is 2.81 bits per heavy atom. The van der Waals surface area contributed by atoms with Crippen LogP contribution < -0.4 is 15.8 Å². The maximum Gasteiger partial charge on any atom is 0.234 e. The number of carbonyl (C=O) groups is 1. The molecule has 5 heteroatoms. The first-order chi connectivity index (χ1) is 7.54. The monoisotopic (exact) mass is 286 g/mol. The van der Waals surface area contributed by atoms with Gasteiger partial charge < -0.3 is 15.8 Å². The SMILES string of the molecule is COc1ccc(CNC(C)C(N)=O)cc1Br. The predicted octanol–water partition coefficient (Wildman–Crippen LogP) is 1.42. The molecule has 16 heavy (non-hydrogen) atoms. The summed E-state index contributed by atoms with van der Waals surface area (Å²) < 4.78 is 6.01. The summed E-state index contributed by atoms with van der Waals surface area (Å²) in [5.74, 6) is 0.430. The molecule has 1 aromatic carbocycles. The largest absolute Gasteiger partial charge is 0.496 e. The van der Waals surface area contributed by atoms with Crippen molar-refractivity contribution in [1.29, 1.82) is 0 Å². The Morgan fingerprint density at radius 2 is 2.31 bits per heavy atom. The number of methoxy groups -OCH3 is 1. The molecule has 0 aliphatic heterocycles. The number of hydrogen-bond donors (Lipinski definition) is 2. The van der Waals surface area contributed by atoms with Crippen LogP contribution in [-0.4, -0.2) is 19.1 Å². The molecule has 1 atom stereocenters. The Labute approximate surface area is 103 Å². The van der Waals surface area contributed by atoms with Crippen LogP contribution in [0.5, 0.6) is 5.75 Å². The van der Waals surface area contributed by atoms with Crippen molar-refractivity contribution in [3.63, 3.8) is 0 Å². The van der Waals surface area contributed by atoms with E-state index in [1.807, 2.05) is 18.2 Å². The van der Waals surface area contributed by atoms with Crippen LogP contribution in [0.2, 0.25) is 0 Å². The molecule has 0 aliphatic rings. The highest BCUT2D eigenvalue weighted by Gasteiger charge is 2.07. The van der Waals surface area contributed by atoms with E-state index in [2.05, 4.69) is 21.2 Å². The normalized spacial score (nSPS) is 12.2. The van der Waals surface area contributed by atoms with E-state index >= 15 is 0 Å². The second-order valence-electron chi connectivity index (χ2n) is 3.47. The smallest absolute Gasteiger partial charge is 0.234 e. The highest BCUT2D eigenvalue weighted by molar-refractivity contribution is 9.10. The number of halogens is 1. The quantitative estimate of drug-likeness (QED) is 0.861. The van der Waals surface area contributed by atoms with Gasteiger partial charge in [-0.15, -0.1) is 0 Å². The molecular weight excluding hydrogens is 272 g/mol. The average molecular weight is 287 g/mol. The van der Waals surface area contributed by atoms with Gasteiger partial charge in [0.15, 0.2) is 0 Å². The predicted molar refractivity (Wildman–Crippen MR) is 66.2 cm³/mol. The molecule has 1 aromatic rings. The van der Waals surface area contributed by atoms with E-state index in [1.165, 1.54) is 0 Å². The van der Waals surface area contributed by atoms with Gasteiger partial charge >= 0.3 is 0 Å². The first kappa shape index (κ1) is 13.0. The van der Waals surface area contributed by atoms with Gasteiger partial charge in [-0.1, -0.05) is 6.07 Å². The summed E-state index contributed by atoms with van der Waals surface area (Å²) in [4.78, 5) is 10.8. The van der Waals surface area contributed by atoms with Crippen LogP contribution in [0, 0.1) is 0 Å². The molecule has 4 nitrogen and oxygen atoms in total. The zero-order valence-corrected chi connectivity index (χ0v) is 10.9. The summed E-state index contributed by atoms with van der Waals surface area (Å²) in [5.41, 5.74) is 6.20. The molecule has 1 rings (SSSR count). The van der Waals surface area contributed by atoms with Crippen molar-refractivity contribution < 1.29 is 9.53 Å². The fraction of sp³-hybridized carbons (Fsp3) is 0.364. The average Bonchev–Trinajstić information content (AvgIpc) is 2.25. The number of hydrogen-bond acceptors (Lipinski definition) is 3. The molecule has 0 aliphatic carbocycles. The number of rotatable bonds is 5. The summed E-state index contributed by atoms with van der Waals surface area (Å²) in [6, 6.07) is 5.42. The molecule has 3 N–H and O–H groups in total. The number of benzene rings is 1. The van der Waals surface area contributed by atoms with E-state index in [4.69, 9.17) is 10.5 Å². The van der Waals surface area contributed by atoms with E-state index in [1.54, 1.807) is 14.0 Å². The van der Waals surface area contributed by atoms with E-state index in [-0.39, 0.29) is 11.9 Å². The summed E-state index contributed by atoms with van der Waals surface area (Å²) in [6.07, 6.45) is 0. The Bertz CT molecular complexity index is 382. The zero-order chi connectivity index (χ0) is 12.1. The van der Waals surface area contributed by atoms with Crippen molar-refractivity contribution >= 4 is 21.8 Å². The van der Waals surface area contributed by atoms with Gasteiger partial charge in [0.1, 0.15) is 5.75 Å². The van der Waals surface area contributed by atoms with Crippen LogP contribution in [0.1, 0.15) is 12.5 Å². The molecule has 0 spiro atoms. The fourth-order valence-corrected chi connectivity index (χ4v) is 1.78. The minimum absolute atomic E-state index is 0.333. The number of amides is 1. The first-order valence-corrected chi connectivity index (χ1v) is 5.69. The molecular formula is C11H15BrN2O2. The molecule has 0 saturated carbocycles. The maximum absolute atomic E-state index is 10.8. The van der Waals surface area contributed by atoms with Crippen molar-refractivity contribution in [2.75, 3.05) is 7.11 Å². The lowest BCUT2D eigenvalue weighted by Gasteiger charge is -2.11. The van der Waals surface area contributed by atoms with Crippen molar-refractivity contribution in [3.8, 4) is 5.75 Å². The van der Waals surface area contributed by atoms with Crippen LogP contribution in [-0.2, 0) is 11.3 Å². The minimum Gasteiger partial charge on any atom is -0.496 e. The number of primary amides is 1. The molecule has 88 valence electrons. The van der Waals surface area contributed by atoms with Gasteiger partial charge in [0.2, 0.25) is 5.91 Å². The lowest BCUT2D eigenvalue weighted by Crippen LogP contribution is -2.38. The van der Waals surface area contributed by atoms with Crippen molar-refractivity contribution in [2.45, 2.75) is 19.5 Å². The Balaban J connectivity index is 2.62.